The second kappa shape index (κ2) is 5.95. The van der Waals surface area contributed by atoms with Crippen molar-refractivity contribution >= 4 is 28.4 Å². The zero-order chi connectivity index (χ0) is 16.5. The number of benzene rings is 3. The van der Waals surface area contributed by atoms with Crippen molar-refractivity contribution in [2.75, 3.05) is 0 Å². The number of carbonyl (C=O) groups excluding carboxylic acids is 1. The number of nitrogens with one attached hydrogen (secondary N) is 1. The van der Waals surface area contributed by atoms with Crippen molar-refractivity contribution in [2.24, 2.45) is 0 Å². The minimum atomic E-state index is -0.00797. The van der Waals surface area contributed by atoms with E-state index in [1.165, 1.54) is 0 Å². The molecule has 0 saturated carbocycles. The highest BCUT2D eigenvalue weighted by molar-refractivity contribution is 6.33. The van der Waals surface area contributed by atoms with Crippen LogP contribution in [-0.4, -0.2) is 15.8 Å². The SMILES string of the molecule is O=C(c1ccccc1)c1ccc2nc(-c3ccccc3Cl)[nH]c2c1. The molecule has 0 aliphatic heterocycles. The molecule has 0 saturated heterocycles. The first-order valence-corrected chi connectivity index (χ1v) is 7.94. The number of rotatable bonds is 3. The molecule has 0 fully saturated rings. The van der Waals surface area contributed by atoms with Crippen LogP contribution in [0.15, 0.2) is 72.8 Å². The smallest absolute Gasteiger partial charge is 0.193 e. The molecule has 0 spiro atoms. The third-order valence-electron chi connectivity index (χ3n) is 3.91. The molecule has 1 N–H and O–H groups in total. The molecular weight excluding hydrogens is 320 g/mol. The summed E-state index contributed by atoms with van der Waals surface area (Å²) in [7, 11) is 0. The van der Waals surface area contributed by atoms with Gasteiger partial charge in [0.2, 0.25) is 0 Å². The van der Waals surface area contributed by atoms with E-state index in [0.717, 1.165) is 16.6 Å². The van der Waals surface area contributed by atoms with Gasteiger partial charge in [-0.05, 0) is 30.3 Å². The van der Waals surface area contributed by atoms with Crippen molar-refractivity contribution in [3.8, 4) is 11.4 Å². The molecule has 0 aliphatic carbocycles. The first-order chi connectivity index (χ1) is 11.7. The number of halogens is 1. The van der Waals surface area contributed by atoms with Crippen LogP contribution in [-0.2, 0) is 0 Å². The molecule has 116 valence electrons. The Morgan fingerprint density at radius 2 is 1.62 bits per heavy atom. The Morgan fingerprint density at radius 1 is 0.875 bits per heavy atom. The van der Waals surface area contributed by atoms with Crippen molar-refractivity contribution in [1.82, 2.24) is 9.97 Å². The lowest BCUT2D eigenvalue weighted by Crippen LogP contribution is -2.00. The molecule has 0 atom stereocenters. The van der Waals surface area contributed by atoms with Crippen LogP contribution in [0, 0.1) is 0 Å². The number of imidazole rings is 1. The molecule has 4 aromatic rings. The standard InChI is InChI=1S/C20H13ClN2O/c21-16-9-5-4-8-15(16)20-22-17-11-10-14(12-18(17)23-20)19(24)13-6-2-1-3-7-13/h1-12H,(H,22,23). The fourth-order valence-electron chi connectivity index (χ4n) is 2.69. The zero-order valence-electron chi connectivity index (χ0n) is 12.7. The number of hydrogen-bond acceptors (Lipinski definition) is 2. The van der Waals surface area contributed by atoms with Gasteiger partial charge in [-0.25, -0.2) is 4.98 Å². The number of aromatic amines is 1. The molecule has 1 aromatic heterocycles. The Balaban J connectivity index is 1.77. The van der Waals surface area contributed by atoms with E-state index in [9.17, 15) is 4.79 Å². The molecule has 1 heterocycles. The van der Waals surface area contributed by atoms with Crippen LogP contribution in [0.5, 0.6) is 0 Å². The summed E-state index contributed by atoms with van der Waals surface area (Å²) in [6, 6.07) is 22.3. The normalized spacial score (nSPS) is 10.9. The quantitative estimate of drug-likeness (QED) is 0.529. The molecule has 3 aromatic carbocycles. The van der Waals surface area contributed by atoms with E-state index in [4.69, 9.17) is 11.6 Å². The van der Waals surface area contributed by atoms with E-state index in [-0.39, 0.29) is 5.78 Å². The van der Waals surface area contributed by atoms with Crippen LogP contribution in [0.25, 0.3) is 22.4 Å². The van der Waals surface area contributed by atoms with E-state index >= 15 is 0 Å². The lowest BCUT2D eigenvalue weighted by molar-refractivity contribution is 0.103. The molecule has 0 radical (unpaired) electrons. The number of fused-ring (bicyclic) bond motifs is 1. The van der Waals surface area contributed by atoms with Gasteiger partial charge < -0.3 is 4.98 Å². The van der Waals surface area contributed by atoms with Gasteiger partial charge in [0.05, 0.1) is 16.1 Å². The van der Waals surface area contributed by atoms with E-state index in [0.29, 0.717) is 22.0 Å². The predicted molar refractivity (Wildman–Crippen MR) is 96.4 cm³/mol. The van der Waals surface area contributed by atoms with E-state index in [1.54, 1.807) is 6.07 Å². The first kappa shape index (κ1) is 14.7. The van der Waals surface area contributed by atoms with Crippen molar-refractivity contribution in [3.63, 3.8) is 0 Å². The Bertz CT molecular complexity index is 1040. The highest BCUT2D eigenvalue weighted by Crippen LogP contribution is 2.27. The van der Waals surface area contributed by atoms with Crippen molar-refractivity contribution in [3.05, 3.63) is 88.9 Å². The summed E-state index contributed by atoms with van der Waals surface area (Å²) < 4.78 is 0. The average Bonchev–Trinajstić information content (AvgIpc) is 3.05. The van der Waals surface area contributed by atoms with Gasteiger partial charge in [0.15, 0.2) is 5.78 Å². The molecule has 24 heavy (non-hydrogen) atoms. The Kier molecular flexibility index (Phi) is 3.63. The molecule has 0 unspecified atom stereocenters. The summed E-state index contributed by atoms with van der Waals surface area (Å²) >= 11 is 6.23. The van der Waals surface area contributed by atoms with Gasteiger partial charge in [-0.15, -0.1) is 0 Å². The molecule has 4 rings (SSSR count). The second-order valence-corrected chi connectivity index (χ2v) is 5.90. The van der Waals surface area contributed by atoms with Crippen LogP contribution in [0.2, 0.25) is 5.02 Å². The maximum atomic E-state index is 12.6. The molecule has 4 heteroatoms. The van der Waals surface area contributed by atoms with Crippen molar-refractivity contribution < 1.29 is 4.79 Å². The second-order valence-electron chi connectivity index (χ2n) is 5.49. The predicted octanol–water partition coefficient (Wildman–Crippen LogP) is 5.11. The highest BCUT2D eigenvalue weighted by atomic mass is 35.5. The number of ketones is 1. The minimum Gasteiger partial charge on any atom is -0.338 e. The average molecular weight is 333 g/mol. The van der Waals surface area contributed by atoms with Crippen LogP contribution in [0.3, 0.4) is 0 Å². The summed E-state index contributed by atoms with van der Waals surface area (Å²) in [6.45, 7) is 0. The minimum absolute atomic E-state index is 0.00797. The van der Waals surface area contributed by atoms with Gasteiger partial charge in [0.25, 0.3) is 0 Å². The highest BCUT2D eigenvalue weighted by Gasteiger charge is 2.12. The van der Waals surface area contributed by atoms with Crippen LogP contribution in [0.1, 0.15) is 15.9 Å². The number of H-pyrrole nitrogens is 1. The molecule has 0 bridgehead atoms. The Hall–Kier alpha value is -2.91. The Morgan fingerprint density at radius 3 is 2.42 bits per heavy atom. The molecule has 0 amide bonds. The summed E-state index contributed by atoms with van der Waals surface area (Å²) in [5.74, 6) is 0.686. The molecular formula is C20H13ClN2O. The third kappa shape index (κ3) is 2.59. The van der Waals surface area contributed by atoms with Gasteiger partial charge in [-0.2, -0.15) is 0 Å². The fourth-order valence-corrected chi connectivity index (χ4v) is 2.91. The Labute approximate surface area is 143 Å². The van der Waals surface area contributed by atoms with Crippen LogP contribution >= 0.6 is 11.6 Å². The monoisotopic (exact) mass is 332 g/mol. The largest absolute Gasteiger partial charge is 0.338 e. The zero-order valence-corrected chi connectivity index (χ0v) is 13.4. The maximum Gasteiger partial charge on any atom is 0.193 e. The summed E-state index contributed by atoms with van der Waals surface area (Å²) in [4.78, 5) is 20.4. The summed E-state index contributed by atoms with van der Waals surface area (Å²) in [6.07, 6.45) is 0. The van der Waals surface area contributed by atoms with Gasteiger partial charge in [0, 0.05) is 16.7 Å². The van der Waals surface area contributed by atoms with Crippen LogP contribution in [0.4, 0.5) is 0 Å². The number of carbonyl (C=O) groups is 1. The van der Waals surface area contributed by atoms with Gasteiger partial charge in [-0.1, -0.05) is 54.1 Å². The fraction of sp³-hybridized carbons (Fsp3) is 0. The molecule has 3 nitrogen and oxygen atoms in total. The van der Waals surface area contributed by atoms with Gasteiger partial charge in [0.1, 0.15) is 5.82 Å². The van der Waals surface area contributed by atoms with E-state index in [1.807, 2.05) is 66.7 Å². The maximum absolute atomic E-state index is 12.6. The van der Waals surface area contributed by atoms with Crippen molar-refractivity contribution in [2.45, 2.75) is 0 Å². The van der Waals surface area contributed by atoms with Crippen LogP contribution < -0.4 is 0 Å². The van der Waals surface area contributed by atoms with Gasteiger partial charge in [-0.3, -0.25) is 4.79 Å². The topological polar surface area (TPSA) is 45.8 Å². The van der Waals surface area contributed by atoms with E-state index in [2.05, 4.69) is 9.97 Å². The third-order valence-corrected chi connectivity index (χ3v) is 4.24. The van der Waals surface area contributed by atoms with E-state index < -0.39 is 0 Å². The first-order valence-electron chi connectivity index (χ1n) is 7.57. The molecule has 0 aliphatic rings. The number of nitrogens with zero attached hydrogens (tertiary/aromatic N) is 1. The lowest BCUT2D eigenvalue weighted by atomic mass is 10.0. The number of aromatic nitrogens is 2. The summed E-state index contributed by atoms with van der Waals surface area (Å²) in [5.41, 5.74) is 3.75. The van der Waals surface area contributed by atoms with Gasteiger partial charge >= 0.3 is 0 Å². The number of hydrogen-bond donors (Lipinski definition) is 1. The lowest BCUT2D eigenvalue weighted by Gasteiger charge is -2.00. The summed E-state index contributed by atoms with van der Waals surface area (Å²) in [5, 5.41) is 0.636. The van der Waals surface area contributed by atoms with Crippen molar-refractivity contribution in [1.29, 1.82) is 0 Å².